The van der Waals surface area contributed by atoms with E-state index in [0.29, 0.717) is 12.8 Å². The van der Waals surface area contributed by atoms with Crippen LogP contribution in [-0.2, 0) is 0 Å². The predicted octanol–water partition coefficient (Wildman–Crippen LogP) is 2.13. The van der Waals surface area contributed by atoms with Crippen LogP contribution in [-0.4, -0.2) is 31.0 Å². The monoisotopic (exact) mass is 187 g/mol. The lowest BCUT2D eigenvalue weighted by atomic mass is 9.99. The maximum atomic E-state index is 12.9. The van der Waals surface area contributed by atoms with Crippen molar-refractivity contribution in [1.29, 1.82) is 0 Å². The summed E-state index contributed by atoms with van der Waals surface area (Å²) >= 11 is 0. The van der Waals surface area contributed by atoms with Crippen LogP contribution in [0.1, 0.15) is 25.7 Å². The summed E-state index contributed by atoms with van der Waals surface area (Å²) in [7, 11) is 3.86. The molecule has 0 saturated carbocycles. The maximum absolute atomic E-state index is 12.9. The number of rotatable bonds is 1. The van der Waals surface area contributed by atoms with Gasteiger partial charge in [-0.05, 0) is 32.9 Å². The van der Waals surface area contributed by atoms with Gasteiger partial charge in [0, 0.05) is 18.9 Å². The molecule has 0 aromatic rings. The summed E-state index contributed by atoms with van der Waals surface area (Å²) in [5, 5.41) is 0. The Morgan fingerprint density at radius 1 is 1.31 bits per heavy atom. The van der Waals surface area contributed by atoms with Crippen LogP contribution in [0, 0.1) is 11.8 Å². The lowest BCUT2D eigenvalue weighted by Crippen LogP contribution is -2.30. The molecule has 0 aliphatic heterocycles. The van der Waals surface area contributed by atoms with Crippen LogP contribution >= 0.6 is 0 Å². The van der Waals surface area contributed by atoms with Crippen LogP contribution in [0.4, 0.5) is 8.78 Å². The Morgan fingerprint density at radius 2 is 2.00 bits per heavy atom. The molecule has 1 unspecified atom stereocenters. The summed E-state index contributed by atoms with van der Waals surface area (Å²) < 4.78 is 25.8. The Bertz CT molecular complexity index is 225. The molecule has 0 radical (unpaired) electrons. The fraction of sp³-hybridized carbons (Fsp3) is 0.800. The molecule has 1 atom stereocenters. The van der Waals surface area contributed by atoms with Gasteiger partial charge >= 0.3 is 5.92 Å². The summed E-state index contributed by atoms with van der Waals surface area (Å²) in [6, 6.07) is 0.250. The van der Waals surface area contributed by atoms with Gasteiger partial charge in [-0.15, -0.1) is 0 Å². The average Bonchev–Trinajstić information content (AvgIpc) is 1.98. The van der Waals surface area contributed by atoms with Crippen LogP contribution < -0.4 is 0 Å². The van der Waals surface area contributed by atoms with E-state index >= 15 is 0 Å². The second-order valence-electron chi connectivity index (χ2n) is 3.70. The Hall–Kier alpha value is -0.620. The number of hydrogen-bond donors (Lipinski definition) is 0. The van der Waals surface area contributed by atoms with Crippen LogP contribution in [0.25, 0.3) is 0 Å². The zero-order valence-electron chi connectivity index (χ0n) is 8.11. The van der Waals surface area contributed by atoms with Gasteiger partial charge in [0.05, 0.1) is 0 Å². The minimum Gasteiger partial charge on any atom is -0.306 e. The molecule has 74 valence electrons. The predicted molar refractivity (Wildman–Crippen MR) is 48.7 cm³/mol. The van der Waals surface area contributed by atoms with Crippen molar-refractivity contribution < 1.29 is 8.78 Å². The molecule has 0 fully saturated rings. The first kappa shape index (κ1) is 10.5. The third-order valence-corrected chi connectivity index (χ3v) is 2.40. The Kier molecular flexibility index (Phi) is 3.27. The lowest BCUT2D eigenvalue weighted by molar-refractivity contribution is 0.0443. The molecular weight excluding hydrogens is 172 g/mol. The van der Waals surface area contributed by atoms with Crippen LogP contribution in [0.15, 0.2) is 0 Å². The molecule has 0 aromatic carbocycles. The molecule has 3 heteroatoms. The van der Waals surface area contributed by atoms with Gasteiger partial charge in [0.15, 0.2) is 0 Å². The molecule has 0 aromatic heterocycles. The highest BCUT2D eigenvalue weighted by Crippen LogP contribution is 2.24. The van der Waals surface area contributed by atoms with Gasteiger partial charge in [-0.1, -0.05) is 5.92 Å². The largest absolute Gasteiger partial charge is 0.308 e. The van der Waals surface area contributed by atoms with Crippen LogP contribution in [0.5, 0.6) is 0 Å². The Balaban J connectivity index is 2.60. The number of alkyl halides is 2. The molecule has 0 heterocycles. The fourth-order valence-corrected chi connectivity index (χ4v) is 1.50. The quantitative estimate of drug-likeness (QED) is 0.568. The van der Waals surface area contributed by atoms with Gasteiger partial charge in [0.25, 0.3) is 0 Å². The van der Waals surface area contributed by atoms with E-state index in [-0.39, 0.29) is 12.5 Å². The van der Waals surface area contributed by atoms with Gasteiger partial charge in [0.1, 0.15) is 0 Å². The van der Waals surface area contributed by atoms with E-state index in [1.807, 2.05) is 24.9 Å². The van der Waals surface area contributed by atoms with Crippen molar-refractivity contribution in [1.82, 2.24) is 4.90 Å². The van der Waals surface area contributed by atoms with Crippen molar-refractivity contribution >= 4 is 0 Å². The van der Waals surface area contributed by atoms with E-state index < -0.39 is 5.92 Å². The second-order valence-corrected chi connectivity index (χ2v) is 3.70. The molecule has 0 spiro atoms. The van der Waals surface area contributed by atoms with Crippen LogP contribution in [0.3, 0.4) is 0 Å². The number of halogens is 2. The zero-order valence-corrected chi connectivity index (χ0v) is 8.11. The van der Waals surface area contributed by atoms with Crippen molar-refractivity contribution in [2.45, 2.75) is 37.6 Å². The van der Waals surface area contributed by atoms with E-state index in [1.54, 1.807) is 0 Å². The molecule has 1 rings (SSSR count). The minimum atomic E-state index is -2.77. The zero-order chi connectivity index (χ0) is 9.90. The Morgan fingerprint density at radius 3 is 2.62 bits per heavy atom. The smallest absolute Gasteiger partial charge is 0.306 e. The summed E-state index contributed by atoms with van der Waals surface area (Å²) in [5.41, 5.74) is 0. The maximum Gasteiger partial charge on any atom is 0.308 e. The van der Waals surface area contributed by atoms with Crippen LogP contribution in [0.2, 0.25) is 0 Å². The summed E-state index contributed by atoms with van der Waals surface area (Å²) in [6.07, 6.45) is 1.91. The topological polar surface area (TPSA) is 3.24 Å². The number of hydrogen-bond acceptors (Lipinski definition) is 1. The normalized spacial score (nSPS) is 27.3. The van der Waals surface area contributed by atoms with Gasteiger partial charge in [-0.2, -0.15) is 8.78 Å². The third kappa shape index (κ3) is 3.31. The molecule has 0 N–H and O–H groups in total. The highest BCUT2D eigenvalue weighted by Gasteiger charge is 2.28. The first-order valence-electron chi connectivity index (χ1n) is 4.55. The van der Waals surface area contributed by atoms with Crippen molar-refractivity contribution in [3.8, 4) is 11.8 Å². The summed E-state index contributed by atoms with van der Waals surface area (Å²) in [4.78, 5) is 2.00. The van der Waals surface area contributed by atoms with Gasteiger partial charge in [-0.25, -0.2) is 0 Å². The highest BCUT2D eigenvalue weighted by atomic mass is 19.3. The standard InChI is InChI=1S/C10H15F2N/c1-13(2)9-5-3-4-7-10(11,12)8-6-9/h9H,3,5-6,8H2,1-2H3. The third-order valence-electron chi connectivity index (χ3n) is 2.40. The van der Waals surface area contributed by atoms with Gasteiger partial charge in [0.2, 0.25) is 0 Å². The van der Waals surface area contributed by atoms with Crippen molar-refractivity contribution in [2.24, 2.45) is 0 Å². The Labute approximate surface area is 78.1 Å². The van der Waals surface area contributed by atoms with Crippen molar-refractivity contribution in [3.63, 3.8) is 0 Å². The molecule has 1 aliphatic carbocycles. The van der Waals surface area contributed by atoms with Gasteiger partial charge < -0.3 is 4.90 Å². The number of nitrogens with zero attached hydrogens (tertiary/aromatic N) is 1. The summed E-state index contributed by atoms with van der Waals surface area (Å²) in [6.45, 7) is 0. The minimum absolute atomic E-state index is 0.108. The molecule has 13 heavy (non-hydrogen) atoms. The van der Waals surface area contributed by atoms with E-state index in [9.17, 15) is 8.78 Å². The fourth-order valence-electron chi connectivity index (χ4n) is 1.50. The van der Waals surface area contributed by atoms with E-state index in [0.717, 1.165) is 6.42 Å². The summed E-state index contributed by atoms with van der Waals surface area (Å²) in [5.74, 6) is 1.78. The van der Waals surface area contributed by atoms with Gasteiger partial charge in [-0.3, -0.25) is 0 Å². The molecule has 0 amide bonds. The molecule has 0 saturated heterocycles. The SMILES string of the molecule is CN(C)C1CCC#CC(F)(F)CC1. The van der Waals surface area contributed by atoms with E-state index in [1.165, 1.54) is 0 Å². The molecule has 1 aliphatic rings. The molecule has 1 nitrogen and oxygen atoms in total. The lowest BCUT2D eigenvalue weighted by Gasteiger charge is -2.25. The molecular formula is C10H15F2N. The first-order valence-corrected chi connectivity index (χ1v) is 4.55. The van der Waals surface area contributed by atoms with E-state index in [2.05, 4.69) is 5.92 Å². The van der Waals surface area contributed by atoms with Crippen molar-refractivity contribution in [2.75, 3.05) is 14.1 Å². The molecule has 0 bridgehead atoms. The average molecular weight is 187 g/mol. The highest BCUT2D eigenvalue weighted by molar-refractivity contribution is 5.10. The van der Waals surface area contributed by atoms with Crippen molar-refractivity contribution in [3.05, 3.63) is 0 Å². The van der Waals surface area contributed by atoms with E-state index in [4.69, 9.17) is 0 Å². The second kappa shape index (κ2) is 4.06. The first-order chi connectivity index (χ1) is 6.01.